The number of rotatable bonds is 3. The number of nitro benzene ring substituents is 1. The molecule has 0 aromatic heterocycles. The highest BCUT2D eigenvalue weighted by atomic mass is 16.6. The standard InChI is InChI=1S/C21H16N4O5/c26-19-16-15-10-5-11-3-1-2-4-14(11)24(15)18(17(16)20(27)23-19)21(28)22-12-6-8-13(9-7-12)25(29)30/h1-10,15-18H,(H,22,28)(H,23,26,27)/t15-,16-,17+,18+/m0/s1. The summed E-state index contributed by atoms with van der Waals surface area (Å²) < 4.78 is 0. The molecule has 0 radical (unpaired) electrons. The topological polar surface area (TPSA) is 122 Å². The van der Waals surface area contributed by atoms with E-state index in [-0.39, 0.29) is 11.6 Å². The van der Waals surface area contributed by atoms with E-state index in [0.717, 1.165) is 11.3 Å². The summed E-state index contributed by atoms with van der Waals surface area (Å²) >= 11 is 0. The van der Waals surface area contributed by atoms with Crippen LogP contribution in [0.15, 0.2) is 54.6 Å². The maximum atomic E-state index is 13.3. The number of nitrogens with zero attached hydrogens (tertiary/aromatic N) is 2. The Morgan fingerprint density at radius 3 is 2.47 bits per heavy atom. The van der Waals surface area contributed by atoms with Crippen LogP contribution in [0.1, 0.15) is 5.56 Å². The molecule has 5 rings (SSSR count). The fourth-order valence-corrected chi connectivity index (χ4v) is 4.61. The average Bonchev–Trinajstić information content (AvgIpc) is 3.24. The lowest BCUT2D eigenvalue weighted by Crippen LogP contribution is -2.49. The Labute approximate surface area is 170 Å². The fraction of sp³-hybridized carbons (Fsp3) is 0.190. The molecule has 30 heavy (non-hydrogen) atoms. The van der Waals surface area contributed by atoms with Gasteiger partial charge in [0.05, 0.1) is 22.8 Å². The number of imide groups is 1. The Bertz CT molecular complexity index is 1130. The number of hydrogen-bond donors (Lipinski definition) is 2. The van der Waals surface area contributed by atoms with Crippen LogP contribution in [0.3, 0.4) is 0 Å². The van der Waals surface area contributed by atoms with Gasteiger partial charge in [-0.05, 0) is 23.8 Å². The minimum Gasteiger partial charge on any atom is -0.351 e. The van der Waals surface area contributed by atoms with Crippen LogP contribution in [0.5, 0.6) is 0 Å². The maximum Gasteiger partial charge on any atom is 0.269 e. The van der Waals surface area contributed by atoms with Crippen molar-refractivity contribution < 1.29 is 19.3 Å². The molecule has 0 bridgehead atoms. The molecule has 2 fully saturated rings. The van der Waals surface area contributed by atoms with Gasteiger partial charge < -0.3 is 10.2 Å². The van der Waals surface area contributed by atoms with E-state index >= 15 is 0 Å². The monoisotopic (exact) mass is 404 g/mol. The van der Waals surface area contributed by atoms with Crippen LogP contribution in [-0.2, 0) is 14.4 Å². The lowest BCUT2D eigenvalue weighted by molar-refractivity contribution is -0.384. The van der Waals surface area contributed by atoms with Gasteiger partial charge in [-0.25, -0.2) is 0 Å². The van der Waals surface area contributed by atoms with Gasteiger partial charge in [-0.2, -0.15) is 0 Å². The van der Waals surface area contributed by atoms with Crippen LogP contribution in [0, 0.1) is 22.0 Å². The molecule has 4 atom stereocenters. The molecule has 2 N–H and O–H groups in total. The summed E-state index contributed by atoms with van der Waals surface area (Å²) in [6, 6.07) is 11.6. The molecule has 3 aliphatic rings. The molecule has 0 saturated carbocycles. The molecule has 9 heteroatoms. The van der Waals surface area contributed by atoms with Gasteiger partial charge in [0.25, 0.3) is 5.69 Å². The van der Waals surface area contributed by atoms with Crippen molar-refractivity contribution in [3.8, 4) is 0 Å². The summed E-state index contributed by atoms with van der Waals surface area (Å²) in [5.74, 6) is -2.77. The van der Waals surface area contributed by atoms with Crippen molar-refractivity contribution >= 4 is 40.9 Å². The number of nitro groups is 1. The van der Waals surface area contributed by atoms with Crippen LogP contribution in [0.4, 0.5) is 17.1 Å². The highest BCUT2D eigenvalue weighted by molar-refractivity contribution is 6.12. The smallest absolute Gasteiger partial charge is 0.269 e. The van der Waals surface area contributed by atoms with Crippen molar-refractivity contribution in [2.75, 3.05) is 10.2 Å². The van der Waals surface area contributed by atoms with Gasteiger partial charge in [0, 0.05) is 23.5 Å². The van der Waals surface area contributed by atoms with Crippen molar-refractivity contribution in [2.45, 2.75) is 12.1 Å². The van der Waals surface area contributed by atoms with Gasteiger partial charge in [0.15, 0.2) is 0 Å². The highest BCUT2D eigenvalue weighted by Gasteiger charge is 2.61. The molecule has 9 nitrogen and oxygen atoms in total. The SMILES string of the molecule is O=C1NC(=O)[C@@H]2[C@@H]1[C@@H]1C=Cc3ccccc3N1[C@H]2C(=O)Nc1ccc([N+](=O)[O-])cc1. The summed E-state index contributed by atoms with van der Waals surface area (Å²) in [4.78, 5) is 50.5. The van der Waals surface area contributed by atoms with E-state index in [9.17, 15) is 24.5 Å². The first-order valence-electron chi connectivity index (χ1n) is 9.41. The van der Waals surface area contributed by atoms with Crippen LogP contribution >= 0.6 is 0 Å². The largest absolute Gasteiger partial charge is 0.351 e. The molecule has 0 spiro atoms. The molecule has 150 valence electrons. The van der Waals surface area contributed by atoms with Crippen molar-refractivity contribution in [2.24, 2.45) is 11.8 Å². The van der Waals surface area contributed by atoms with Crippen LogP contribution < -0.4 is 15.5 Å². The predicted molar refractivity (Wildman–Crippen MR) is 107 cm³/mol. The van der Waals surface area contributed by atoms with Gasteiger partial charge in [-0.1, -0.05) is 30.4 Å². The van der Waals surface area contributed by atoms with Crippen molar-refractivity contribution in [3.05, 3.63) is 70.3 Å². The Morgan fingerprint density at radius 2 is 1.73 bits per heavy atom. The number of carbonyl (C=O) groups excluding carboxylic acids is 3. The third-order valence-electron chi connectivity index (χ3n) is 5.87. The van der Waals surface area contributed by atoms with Crippen LogP contribution in [0.2, 0.25) is 0 Å². The predicted octanol–water partition coefficient (Wildman–Crippen LogP) is 1.71. The van der Waals surface area contributed by atoms with E-state index in [0.29, 0.717) is 5.69 Å². The zero-order valence-electron chi connectivity index (χ0n) is 15.5. The Morgan fingerprint density at radius 1 is 1.03 bits per heavy atom. The number of amides is 3. The molecule has 0 aliphatic carbocycles. The average molecular weight is 404 g/mol. The van der Waals surface area contributed by atoms with Gasteiger partial charge in [0.2, 0.25) is 17.7 Å². The van der Waals surface area contributed by atoms with Crippen LogP contribution in [0.25, 0.3) is 6.08 Å². The van der Waals surface area contributed by atoms with Crippen LogP contribution in [-0.4, -0.2) is 34.7 Å². The summed E-state index contributed by atoms with van der Waals surface area (Å²) in [5.41, 5.74) is 1.96. The second-order valence-corrected chi connectivity index (χ2v) is 7.46. The number of anilines is 2. The van der Waals surface area contributed by atoms with Gasteiger partial charge >= 0.3 is 0 Å². The Hall–Kier alpha value is -4.01. The van der Waals surface area contributed by atoms with E-state index in [1.807, 2.05) is 41.3 Å². The molecule has 3 amide bonds. The minimum absolute atomic E-state index is 0.0927. The number of hydrogen-bond acceptors (Lipinski definition) is 6. The Balaban J connectivity index is 1.52. The summed E-state index contributed by atoms with van der Waals surface area (Å²) in [7, 11) is 0. The van der Waals surface area contributed by atoms with E-state index in [1.54, 1.807) is 0 Å². The molecule has 2 saturated heterocycles. The molecular formula is C21H16N4O5. The highest BCUT2D eigenvalue weighted by Crippen LogP contribution is 2.46. The van der Waals surface area contributed by atoms with E-state index in [4.69, 9.17) is 0 Å². The van der Waals surface area contributed by atoms with Gasteiger partial charge in [0.1, 0.15) is 6.04 Å². The Kier molecular flexibility index (Phi) is 3.92. The van der Waals surface area contributed by atoms with Gasteiger partial charge in [-0.15, -0.1) is 0 Å². The quantitative estimate of drug-likeness (QED) is 0.456. The lowest BCUT2D eigenvalue weighted by atomic mass is 9.88. The minimum atomic E-state index is -0.896. The van der Waals surface area contributed by atoms with Crippen molar-refractivity contribution in [3.63, 3.8) is 0 Å². The van der Waals surface area contributed by atoms with Crippen molar-refractivity contribution in [1.82, 2.24) is 5.32 Å². The maximum absolute atomic E-state index is 13.3. The number of para-hydroxylation sites is 1. The second-order valence-electron chi connectivity index (χ2n) is 7.46. The normalized spacial score (nSPS) is 25.9. The molecule has 3 heterocycles. The number of nitrogens with one attached hydrogen (secondary N) is 2. The molecule has 2 aromatic rings. The van der Waals surface area contributed by atoms with E-state index in [2.05, 4.69) is 10.6 Å². The summed E-state index contributed by atoms with van der Waals surface area (Å²) in [5, 5.41) is 15.9. The zero-order valence-corrected chi connectivity index (χ0v) is 15.5. The second kappa shape index (κ2) is 6.51. The first kappa shape index (κ1) is 18.0. The first-order chi connectivity index (χ1) is 14.5. The number of carbonyl (C=O) groups is 3. The molecule has 2 aromatic carbocycles. The van der Waals surface area contributed by atoms with Gasteiger partial charge in [-0.3, -0.25) is 29.8 Å². The molecular weight excluding hydrogens is 388 g/mol. The summed E-state index contributed by atoms with van der Waals surface area (Å²) in [6.45, 7) is 0. The number of non-ortho nitro benzene ring substituents is 1. The number of benzene rings is 2. The lowest BCUT2D eigenvalue weighted by Gasteiger charge is -2.35. The van der Waals surface area contributed by atoms with E-state index in [1.165, 1.54) is 24.3 Å². The zero-order chi connectivity index (χ0) is 21.0. The molecule has 0 unspecified atom stereocenters. The fourth-order valence-electron chi connectivity index (χ4n) is 4.61. The first-order valence-corrected chi connectivity index (χ1v) is 9.41. The number of fused-ring (bicyclic) bond motifs is 5. The van der Waals surface area contributed by atoms with E-state index < -0.39 is 40.7 Å². The third-order valence-corrected chi connectivity index (χ3v) is 5.87. The van der Waals surface area contributed by atoms with Crippen molar-refractivity contribution in [1.29, 1.82) is 0 Å². The molecule has 3 aliphatic heterocycles. The summed E-state index contributed by atoms with van der Waals surface area (Å²) in [6.07, 6.45) is 3.76. The third kappa shape index (κ3) is 2.59.